The highest BCUT2D eigenvalue weighted by atomic mass is 16.7. The Labute approximate surface area is 146 Å². The normalized spacial score (nSPS) is 19.4. The lowest BCUT2D eigenvalue weighted by Crippen LogP contribution is -2.47. The zero-order chi connectivity index (χ0) is 18.5. The van der Waals surface area contributed by atoms with Crippen LogP contribution in [0.15, 0.2) is 54.6 Å². The zero-order valence-corrected chi connectivity index (χ0v) is 14.0. The number of carbonyl (C=O) groups excluding carboxylic acids is 2. The molecule has 0 aromatic heterocycles. The first-order chi connectivity index (χ1) is 12.4. The summed E-state index contributed by atoms with van der Waals surface area (Å²) in [6.45, 7) is 3.01. The number of carbonyl (C=O) groups is 2. The molecule has 0 bridgehead atoms. The van der Waals surface area contributed by atoms with Gasteiger partial charge in [-0.1, -0.05) is 48.5 Å². The van der Waals surface area contributed by atoms with Gasteiger partial charge in [-0.05, 0) is 39.6 Å². The van der Waals surface area contributed by atoms with E-state index < -0.39 is 30.0 Å². The largest absolute Gasteiger partial charge is 0.422 e. The summed E-state index contributed by atoms with van der Waals surface area (Å²) in [7, 11) is 0. The van der Waals surface area contributed by atoms with Crippen LogP contribution >= 0.6 is 0 Å². The van der Waals surface area contributed by atoms with Gasteiger partial charge in [-0.25, -0.2) is 0 Å². The van der Waals surface area contributed by atoms with Crippen molar-refractivity contribution in [1.29, 1.82) is 0 Å². The predicted octanol–water partition coefficient (Wildman–Crippen LogP) is 3.99. The van der Waals surface area contributed by atoms with Crippen LogP contribution in [0.2, 0.25) is 0 Å². The van der Waals surface area contributed by atoms with Crippen molar-refractivity contribution in [3.05, 3.63) is 60.2 Å². The number of rotatable bonds is 2. The fourth-order valence-electron chi connectivity index (χ4n) is 3.26. The average molecular weight is 335 g/mol. The van der Waals surface area contributed by atoms with Gasteiger partial charge in [-0.3, -0.25) is 9.59 Å². The molecule has 4 heteroatoms. The van der Waals surface area contributed by atoms with Crippen LogP contribution in [-0.2, 0) is 25.5 Å². The molecule has 0 aliphatic carbocycles. The smallest absolute Gasteiger partial charge is 0.323 e. The lowest BCUT2D eigenvalue weighted by Gasteiger charge is -2.33. The van der Waals surface area contributed by atoms with Crippen molar-refractivity contribution < 1.29 is 20.4 Å². The highest BCUT2D eigenvalue weighted by molar-refractivity contribution is 6.04. The van der Waals surface area contributed by atoms with Crippen molar-refractivity contribution in [2.24, 2.45) is 5.92 Å². The van der Waals surface area contributed by atoms with E-state index >= 15 is 0 Å². The third-order valence-electron chi connectivity index (χ3n) is 4.35. The molecule has 1 saturated heterocycles. The highest BCUT2D eigenvalue weighted by Gasteiger charge is 2.43. The van der Waals surface area contributed by atoms with Crippen molar-refractivity contribution in [2.75, 3.05) is 0 Å². The number of cyclic esters (lactones) is 2. The lowest BCUT2D eigenvalue weighted by atomic mass is 9.89. The molecule has 1 aliphatic rings. The second kappa shape index (κ2) is 5.59. The summed E-state index contributed by atoms with van der Waals surface area (Å²) in [6.07, 6.45) is -1.12. The van der Waals surface area contributed by atoms with Crippen LogP contribution in [0.1, 0.15) is 20.8 Å². The van der Waals surface area contributed by atoms with Crippen LogP contribution in [0, 0.1) is 5.92 Å². The van der Waals surface area contributed by atoms with Crippen molar-refractivity contribution in [3.63, 3.8) is 0 Å². The fourth-order valence-corrected chi connectivity index (χ4v) is 3.26. The molecule has 1 heterocycles. The van der Waals surface area contributed by atoms with E-state index in [0.29, 0.717) is 5.56 Å². The molecule has 3 aromatic rings. The Bertz CT molecular complexity index is 967. The van der Waals surface area contributed by atoms with Crippen molar-refractivity contribution in [1.82, 2.24) is 0 Å². The monoisotopic (exact) mass is 335 g/mol. The first kappa shape index (κ1) is 14.5. The van der Waals surface area contributed by atoms with Crippen molar-refractivity contribution in [3.8, 4) is 0 Å². The number of benzene rings is 3. The number of hydrogen-bond acceptors (Lipinski definition) is 4. The van der Waals surface area contributed by atoms with E-state index in [0.717, 1.165) is 21.5 Å². The fraction of sp³-hybridized carbons (Fsp3) is 0.238. The summed E-state index contributed by atoms with van der Waals surface area (Å²) in [5.41, 5.74) is 0.636. The summed E-state index contributed by atoms with van der Waals surface area (Å²) >= 11 is 0. The molecule has 3 aromatic carbocycles. The van der Waals surface area contributed by atoms with Gasteiger partial charge in [0.15, 0.2) is 5.92 Å². The topological polar surface area (TPSA) is 52.6 Å². The van der Waals surface area contributed by atoms with Crippen LogP contribution < -0.4 is 0 Å². The van der Waals surface area contributed by atoms with Crippen LogP contribution in [0.3, 0.4) is 0 Å². The summed E-state index contributed by atoms with van der Waals surface area (Å²) in [5, 5.41) is 3.60. The molecule has 1 unspecified atom stereocenters. The van der Waals surface area contributed by atoms with Gasteiger partial charge < -0.3 is 9.47 Å². The average Bonchev–Trinajstić information content (AvgIpc) is 2.57. The zero-order valence-electron chi connectivity index (χ0n) is 15.0. The molecule has 25 heavy (non-hydrogen) atoms. The van der Waals surface area contributed by atoms with Crippen molar-refractivity contribution >= 4 is 33.5 Å². The minimum absolute atomic E-state index is 0.636. The Morgan fingerprint density at radius 1 is 0.920 bits per heavy atom. The molecule has 4 rings (SSSR count). The first-order valence-electron chi connectivity index (χ1n) is 8.73. The molecule has 1 aliphatic heterocycles. The molecular weight excluding hydrogens is 316 g/mol. The third-order valence-corrected chi connectivity index (χ3v) is 4.35. The summed E-state index contributed by atoms with van der Waals surface area (Å²) in [6, 6.07) is 17.4. The molecule has 0 saturated carbocycles. The Morgan fingerprint density at radius 2 is 1.40 bits per heavy atom. The maximum Gasteiger partial charge on any atom is 0.323 e. The summed E-state index contributed by atoms with van der Waals surface area (Å²) < 4.78 is 19.2. The third kappa shape index (κ3) is 2.74. The molecule has 1 atom stereocenters. The summed E-state index contributed by atoms with van der Waals surface area (Å²) in [5.74, 6) is -4.05. The molecule has 0 spiro atoms. The van der Waals surface area contributed by atoms with Crippen LogP contribution in [0.4, 0.5) is 0 Å². The minimum Gasteiger partial charge on any atom is -0.422 e. The maximum absolute atomic E-state index is 12.5. The van der Waals surface area contributed by atoms with E-state index in [1.165, 1.54) is 13.8 Å². The molecule has 0 N–H and O–H groups in total. The molecule has 0 amide bonds. The summed E-state index contributed by atoms with van der Waals surface area (Å²) in [4.78, 5) is 24.9. The Balaban J connectivity index is 1.92. The van der Waals surface area contributed by atoms with Gasteiger partial charge >= 0.3 is 11.9 Å². The molecule has 0 radical (unpaired) electrons. The minimum atomic E-state index is -1.31. The van der Waals surface area contributed by atoms with Crippen LogP contribution in [0.5, 0.6) is 0 Å². The first-order valence-corrected chi connectivity index (χ1v) is 8.16. The molecule has 1 fully saturated rings. The van der Waals surface area contributed by atoms with Gasteiger partial charge in [0, 0.05) is 15.2 Å². The van der Waals surface area contributed by atoms with Gasteiger partial charge in [-0.15, -0.1) is 0 Å². The Kier molecular flexibility index (Phi) is 3.23. The van der Waals surface area contributed by atoms with Gasteiger partial charge in [0.2, 0.25) is 0 Å². The SMILES string of the molecule is [2H]C(c1c2ccccc2cc2ccccc12)C1C(=O)OC(C)(C)OC1=O. The standard InChI is InChI=1S/C21H18O4/c1-21(2)24-19(22)18(20(23)25-21)12-17-15-9-5-3-7-13(15)11-14-8-4-6-10-16(14)17/h3-11,18H,12H2,1-2H3/i12D. The second-order valence-electron chi connectivity index (χ2n) is 6.62. The van der Waals surface area contributed by atoms with Gasteiger partial charge in [-0.2, -0.15) is 0 Å². The van der Waals surface area contributed by atoms with Gasteiger partial charge in [0.05, 0.1) is 0 Å². The maximum atomic E-state index is 12.5. The number of esters is 2. The lowest BCUT2D eigenvalue weighted by molar-refractivity contribution is -0.239. The van der Waals surface area contributed by atoms with E-state index in [4.69, 9.17) is 10.8 Å². The second-order valence-corrected chi connectivity index (χ2v) is 6.62. The number of hydrogen-bond donors (Lipinski definition) is 0. The quantitative estimate of drug-likeness (QED) is 0.404. The van der Waals surface area contributed by atoms with Gasteiger partial charge in [0.25, 0.3) is 5.79 Å². The highest BCUT2D eigenvalue weighted by Crippen LogP contribution is 2.33. The van der Waals surface area contributed by atoms with E-state index in [1.807, 2.05) is 54.6 Å². The number of ether oxygens (including phenoxy) is 2. The van der Waals surface area contributed by atoms with E-state index in [1.54, 1.807) is 0 Å². The van der Waals surface area contributed by atoms with Crippen LogP contribution in [0.25, 0.3) is 21.5 Å². The van der Waals surface area contributed by atoms with Crippen LogP contribution in [-0.4, -0.2) is 17.7 Å². The molecule has 126 valence electrons. The van der Waals surface area contributed by atoms with E-state index in [-0.39, 0.29) is 0 Å². The van der Waals surface area contributed by atoms with E-state index in [9.17, 15) is 9.59 Å². The predicted molar refractivity (Wildman–Crippen MR) is 94.9 cm³/mol. The molecule has 4 nitrogen and oxygen atoms in total. The van der Waals surface area contributed by atoms with E-state index in [2.05, 4.69) is 0 Å². The van der Waals surface area contributed by atoms with Gasteiger partial charge in [0.1, 0.15) is 0 Å². The van der Waals surface area contributed by atoms with Crippen molar-refractivity contribution in [2.45, 2.75) is 26.0 Å². The molecular formula is C21H18O4. The Morgan fingerprint density at radius 3 is 1.92 bits per heavy atom. The number of fused-ring (bicyclic) bond motifs is 2. The Hall–Kier alpha value is -2.88.